The van der Waals surface area contributed by atoms with Crippen molar-refractivity contribution in [3.05, 3.63) is 60.2 Å². The zero-order valence-corrected chi connectivity index (χ0v) is 25.9. The second-order valence-electron chi connectivity index (χ2n) is 14.3. The molecule has 0 saturated heterocycles. The van der Waals surface area contributed by atoms with Crippen molar-refractivity contribution < 1.29 is 23.4 Å². The molecule has 4 fully saturated rings. The van der Waals surface area contributed by atoms with E-state index in [4.69, 9.17) is 14.9 Å². The lowest BCUT2D eigenvalue weighted by Crippen LogP contribution is -2.54. The zero-order valence-electron chi connectivity index (χ0n) is 25.9. The molecule has 4 aliphatic rings. The topological polar surface area (TPSA) is 144 Å². The van der Waals surface area contributed by atoms with E-state index in [1.165, 1.54) is 13.8 Å². The lowest BCUT2D eigenvalue weighted by molar-refractivity contribution is -0.137. The molecule has 0 spiro atoms. The Labute approximate surface area is 261 Å². The Morgan fingerprint density at radius 1 is 1.00 bits per heavy atom. The summed E-state index contributed by atoms with van der Waals surface area (Å²) < 4.78 is 24.6. The SMILES string of the molecule is CC1(O)CC(C(=O)N(CC23CCC(c4noc(C(C)(C)F)n4)(CC2)CC3)c2cccc(-c3ccc(-c4nonc4N)cc3)c2)C1. The minimum Gasteiger partial charge on any atom is -0.390 e. The van der Waals surface area contributed by atoms with Gasteiger partial charge in [-0.1, -0.05) is 41.6 Å². The van der Waals surface area contributed by atoms with E-state index in [1.807, 2.05) is 47.4 Å². The third kappa shape index (κ3) is 5.41. The summed E-state index contributed by atoms with van der Waals surface area (Å²) >= 11 is 0. The second kappa shape index (κ2) is 10.5. The summed E-state index contributed by atoms with van der Waals surface area (Å²) in [6.45, 7) is 5.26. The van der Waals surface area contributed by atoms with Gasteiger partial charge in [-0.2, -0.15) is 4.98 Å². The monoisotopic (exact) mass is 614 g/mol. The first-order valence-electron chi connectivity index (χ1n) is 15.7. The number of nitrogen functional groups attached to an aromatic ring is 1. The lowest BCUT2D eigenvalue weighted by atomic mass is 9.53. The Kier molecular flexibility index (Phi) is 6.88. The molecular formula is C34H39FN6O4. The number of benzene rings is 2. The van der Waals surface area contributed by atoms with Crippen molar-refractivity contribution >= 4 is 17.4 Å². The van der Waals surface area contributed by atoms with Crippen LogP contribution in [0, 0.1) is 11.3 Å². The van der Waals surface area contributed by atoms with Gasteiger partial charge in [0.25, 0.3) is 5.89 Å². The Morgan fingerprint density at radius 2 is 1.67 bits per heavy atom. The molecule has 45 heavy (non-hydrogen) atoms. The molecule has 10 nitrogen and oxygen atoms in total. The highest BCUT2D eigenvalue weighted by molar-refractivity contribution is 5.96. The van der Waals surface area contributed by atoms with Crippen molar-refractivity contribution in [1.29, 1.82) is 0 Å². The molecular weight excluding hydrogens is 575 g/mol. The number of aromatic nitrogens is 4. The second-order valence-corrected chi connectivity index (χ2v) is 14.3. The van der Waals surface area contributed by atoms with Gasteiger partial charge in [0.15, 0.2) is 23.0 Å². The maximum Gasteiger partial charge on any atom is 0.263 e. The van der Waals surface area contributed by atoms with Gasteiger partial charge >= 0.3 is 0 Å². The van der Waals surface area contributed by atoms with Crippen molar-refractivity contribution in [2.75, 3.05) is 17.2 Å². The number of hydrogen-bond acceptors (Lipinski definition) is 9. The molecule has 11 heteroatoms. The molecule has 0 unspecified atom stereocenters. The summed E-state index contributed by atoms with van der Waals surface area (Å²) in [4.78, 5) is 20.6. The zero-order chi connectivity index (χ0) is 31.6. The number of nitrogens with two attached hydrogens (primary N) is 1. The van der Waals surface area contributed by atoms with E-state index in [0.29, 0.717) is 30.9 Å². The van der Waals surface area contributed by atoms with E-state index in [-0.39, 0.29) is 34.4 Å². The van der Waals surface area contributed by atoms with Crippen molar-refractivity contribution in [1.82, 2.24) is 20.5 Å². The fourth-order valence-corrected chi connectivity index (χ4v) is 7.61. The number of alkyl halides is 1. The Balaban J connectivity index is 1.14. The van der Waals surface area contributed by atoms with E-state index < -0.39 is 11.3 Å². The summed E-state index contributed by atoms with van der Waals surface area (Å²) in [6.07, 6.45) is 6.30. The van der Waals surface area contributed by atoms with E-state index in [0.717, 1.165) is 60.9 Å². The molecule has 4 aliphatic carbocycles. The molecule has 236 valence electrons. The summed E-state index contributed by atoms with van der Waals surface area (Å²) in [6, 6.07) is 15.9. The number of fused-ring (bicyclic) bond motifs is 3. The van der Waals surface area contributed by atoms with Crippen molar-refractivity contribution in [3.8, 4) is 22.4 Å². The van der Waals surface area contributed by atoms with Gasteiger partial charge in [0.1, 0.15) is 0 Å². The summed E-state index contributed by atoms with van der Waals surface area (Å²) in [5.41, 5.74) is 7.26. The highest BCUT2D eigenvalue weighted by Gasteiger charge is 2.53. The first-order chi connectivity index (χ1) is 21.4. The Hall–Kier alpha value is -4.12. The normalized spacial score (nSPS) is 27.7. The Bertz CT molecular complexity index is 1690. The number of anilines is 2. The van der Waals surface area contributed by atoms with E-state index in [9.17, 15) is 14.3 Å². The van der Waals surface area contributed by atoms with Gasteiger partial charge in [0.2, 0.25) is 5.91 Å². The highest BCUT2D eigenvalue weighted by Crippen LogP contribution is 2.58. The Morgan fingerprint density at radius 3 is 2.24 bits per heavy atom. The predicted octanol–water partition coefficient (Wildman–Crippen LogP) is 6.36. The fourth-order valence-electron chi connectivity index (χ4n) is 7.61. The quantitative estimate of drug-likeness (QED) is 0.232. The minimum atomic E-state index is -1.68. The largest absolute Gasteiger partial charge is 0.390 e. The van der Waals surface area contributed by atoms with Crippen LogP contribution in [0.25, 0.3) is 22.4 Å². The van der Waals surface area contributed by atoms with Crippen LogP contribution < -0.4 is 10.6 Å². The predicted molar refractivity (Wildman–Crippen MR) is 166 cm³/mol. The molecule has 0 atom stereocenters. The van der Waals surface area contributed by atoms with Crippen LogP contribution in [-0.4, -0.2) is 43.6 Å². The average molecular weight is 615 g/mol. The van der Waals surface area contributed by atoms with Crippen LogP contribution in [0.2, 0.25) is 0 Å². The molecule has 1 amide bonds. The van der Waals surface area contributed by atoms with Crippen LogP contribution in [-0.2, 0) is 15.9 Å². The fraction of sp³-hybridized carbons (Fsp3) is 0.500. The van der Waals surface area contributed by atoms with Crippen LogP contribution in [0.5, 0.6) is 0 Å². The number of nitrogens with zero attached hydrogens (tertiary/aromatic N) is 5. The van der Waals surface area contributed by atoms with Gasteiger partial charge in [-0.15, -0.1) is 0 Å². The molecule has 3 N–H and O–H groups in total. The smallest absolute Gasteiger partial charge is 0.263 e. The molecule has 2 bridgehead atoms. The van der Waals surface area contributed by atoms with Gasteiger partial charge in [-0.25, -0.2) is 9.02 Å². The summed E-state index contributed by atoms with van der Waals surface area (Å²) in [5, 5.41) is 22.2. The number of carbonyl (C=O) groups is 1. The van der Waals surface area contributed by atoms with Gasteiger partial charge in [0.05, 0.1) is 5.60 Å². The van der Waals surface area contributed by atoms with Gasteiger partial charge in [0, 0.05) is 29.1 Å². The number of carbonyl (C=O) groups excluding carboxylic acids is 1. The molecule has 2 heterocycles. The van der Waals surface area contributed by atoms with Gasteiger partial charge in [-0.3, -0.25) is 4.79 Å². The molecule has 4 aromatic rings. The van der Waals surface area contributed by atoms with Crippen LogP contribution in [0.4, 0.5) is 15.9 Å². The number of amides is 1. The average Bonchev–Trinajstić information content (AvgIpc) is 3.70. The molecule has 0 aliphatic heterocycles. The van der Waals surface area contributed by atoms with Crippen LogP contribution >= 0.6 is 0 Å². The third-order valence-corrected chi connectivity index (χ3v) is 10.5. The first kappa shape index (κ1) is 29.6. The van der Waals surface area contributed by atoms with Crippen molar-refractivity contribution in [3.63, 3.8) is 0 Å². The minimum absolute atomic E-state index is 0.0243. The number of halogens is 1. The molecule has 2 aromatic heterocycles. The lowest BCUT2D eigenvalue weighted by Gasteiger charge is -2.54. The van der Waals surface area contributed by atoms with Gasteiger partial charge in [-0.05, 0) is 111 Å². The maximum atomic E-state index is 14.5. The highest BCUT2D eigenvalue weighted by atomic mass is 19.1. The van der Waals surface area contributed by atoms with Crippen LogP contribution in [0.15, 0.2) is 57.7 Å². The number of rotatable bonds is 8. The van der Waals surface area contributed by atoms with E-state index >= 15 is 0 Å². The first-order valence-corrected chi connectivity index (χ1v) is 15.7. The van der Waals surface area contributed by atoms with Crippen LogP contribution in [0.3, 0.4) is 0 Å². The van der Waals surface area contributed by atoms with E-state index in [2.05, 4.69) is 26.5 Å². The third-order valence-electron chi connectivity index (χ3n) is 10.5. The number of hydrogen-bond donors (Lipinski definition) is 2. The molecule has 0 radical (unpaired) electrons. The van der Waals surface area contributed by atoms with Gasteiger partial charge < -0.3 is 20.3 Å². The molecule has 8 rings (SSSR count). The maximum absolute atomic E-state index is 14.5. The molecule has 2 aromatic carbocycles. The summed E-state index contributed by atoms with van der Waals surface area (Å²) in [7, 11) is 0. The number of aliphatic hydroxyl groups is 1. The summed E-state index contributed by atoms with van der Waals surface area (Å²) in [5.74, 6) is 0.724. The van der Waals surface area contributed by atoms with E-state index in [1.54, 1.807) is 6.92 Å². The van der Waals surface area contributed by atoms with Crippen molar-refractivity contribution in [2.45, 2.75) is 88.8 Å². The molecule has 4 saturated carbocycles. The van der Waals surface area contributed by atoms with Crippen LogP contribution in [0.1, 0.15) is 83.9 Å². The standard InChI is InChI=1S/C34H39FN6O4/c1-31(2,35)30-37-29(40-44-30)34-14-11-33(12-15-34,13-16-34)20-41(28(42)24-18-32(3,43)19-24)25-6-4-5-23(17-25)21-7-9-22(10-8-21)26-27(36)39-45-38-26/h4-10,17,24,43H,11-16,18-20H2,1-3H3,(H2,36,39). The van der Waals surface area contributed by atoms with Crippen molar-refractivity contribution in [2.24, 2.45) is 11.3 Å².